The third kappa shape index (κ3) is 16.2. The molecule has 0 aromatic rings. The minimum Gasteiger partial charge on any atom is -0.481 e. The topological polar surface area (TPSA) is 57.6 Å². The third-order valence-corrected chi connectivity index (χ3v) is 5.66. The van der Waals surface area contributed by atoms with Crippen molar-refractivity contribution in [2.75, 3.05) is 13.1 Å². The van der Waals surface area contributed by atoms with Gasteiger partial charge in [0.2, 0.25) is 5.91 Å². The van der Waals surface area contributed by atoms with Gasteiger partial charge in [-0.3, -0.25) is 9.59 Å². The number of allylic oxidation sites excluding steroid dienone is 2. The number of amides is 1. The zero-order valence-corrected chi connectivity index (χ0v) is 19.5. The van der Waals surface area contributed by atoms with Crippen molar-refractivity contribution in [3.05, 3.63) is 12.2 Å². The Hall–Kier alpha value is -1.32. The van der Waals surface area contributed by atoms with Gasteiger partial charge in [0.25, 0.3) is 0 Å². The standard InChI is InChI=1S/C25H47NO3/c1-4-7-8-9-10-11-12-13-14-15-16-17-18-19-20-21-23(22-24(27)28)25(29)26(5-2)6-3/h13-14,23H,4-12,15-22H2,1-3H3,(H,27,28)/b14-13+. The van der Waals surface area contributed by atoms with E-state index in [1.54, 1.807) is 4.90 Å². The lowest BCUT2D eigenvalue weighted by Crippen LogP contribution is -2.36. The molecular formula is C25H47NO3. The van der Waals surface area contributed by atoms with Gasteiger partial charge < -0.3 is 10.0 Å². The Balaban J connectivity index is 3.75. The van der Waals surface area contributed by atoms with Crippen molar-refractivity contribution in [3.63, 3.8) is 0 Å². The largest absolute Gasteiger partial charge is 0.481 e. The molecule has 0 fully saturated rings. The predicted molar refractivity (Wildman–Crippen MR) is 123 cm³/mol. The van der Waals surface area contributed by atoms with Crippen LogP contribution in [-0.4, -0.2) is 35.0 Å². The number of carboxylic acid groups (broad SMARTS) is 1. The first-order chi connectivity index (χ1) is 14.1. The monoisotopic (exact) mass is 409 g/mol. The summed E-state index contributed by atoms with van der Waals surface area (Å²) in [5.41, 5.74) is 0. The summed E-state index contributed by atoms with van der Waals surface area (Å²) in [4.78, 5) is 25.3. The predicted octanol–water partition coefficient (Wildman–Crippen LogP) is 6.98. The van der Waals surface area contributed by atoms with Crippen LogP contribution in [0, 0.1) is 5.92 Å². The molecule has 29 heavy (non-hydrogen) atoms. The molecule has 0 saturated carbocycles. The maximum absolute atomic E-state index is 12.5. The normalized spacial score (nSPS) is 12.4. The Morgan fingerprint density at radius 2 is 1.24 bits per heavy atom. The summed E-state index contributed by atoms with van der Waals surface area (Å²) in [6.45, 7) is 7.45. The molecule has 0 aromatic heterocycles. The van der Waals surface area contributed by atoms with Crippen LogP contribution in [0.4, 0.5) is 0 Å². The summed E-state index contributed by atoms with van der Waals surface area (Å²) in [7, 11) is 0. The number of carbonyl (C=O) groups excluding carboxylic acids is 1. The highest BCUT2D eigenvalue weighted by Gasteiger charge is 2.24. The molecule has 0 aromatic carbocycles. The van der Waals surface area contributed by atoms with Gasteiger partial charge in [0.15, 0.2) is 0 Å². The summed E-state index contributed by atoms with van der Waals surface area (Å²) >= 11 is 0. The summed E-state index contributed by atoms with van der Waals surface area (Å²) < 4.78 is 0. The fourth-order valence-corrected chi connectivity index (χ4v) is 3.78. The van der Waals surface area contributed by atoms with Gasteiger partial charge in [0, 0.05) is 19.0 Å². The summed E-state index contributed by atoms with van der Waals surface area (Å²) in [5.74, 6) is -1.23. The van der Waals surface area contributed by atoms with Gasteiger partial charge in [-0.25, -0.2) is 0 Å². The Bertz CT molecular complexity index is 430. The van der Waals surface area contributed by atoms with Gasteiger partial charge in [0.05, 0.1) is 6.42 Å². The highest BCUT2D eigenvalue weighted by molar-refractivity contribution is 5.83. The van der Waals surface area contributed by atoms with Crippen molar-refractivity contribution < 1.29 is 14.7 Å². The molecule has 0 rings (SSSR count). The van der Waals surface area contributed by atoms with Crippen LogP contribution in [0.2, 0.25) is 0 Å². The molecule has 0 radical (unpaired) electrons. The number of aliphatic carboxylic acids is 1. The molecule has 0 bridgehead atoms. The number of carboxylic acids is 1. The van der Waals surface area contributed by atoms with E-state index in [9.17, 15) is 9.59 Å². The lowest BCUT2D eigenvalue weighted by Gasteiger charge is -2.24. The van der Waals surface area contributed by atoms with E-state index in [0.29, 0.717) is 19.5 Å². The van der Waals surface area contributed by atoms with E-state index in [0.717, 1.165) is 19.3 Å². The van der Waals surface area contributed by atoms with E-state index in [4.69, 9.17) is 5.11 Å². The van der Waals surface area contributed by atoms with E-state index in [1.165, 1.54) is 64.2 Å². The highest BCUT2D eigenvalue weighted by atomic mass is 16.4. The van der Waals surface area contributed by atoms with Gasteiger partial charge in [-0.05, 0) is 46.0 Å². The molecule has 170 valence electrons. The Morgan fingerprint density at radius 1 is 0.759 bits per heavy atom. The molecule has 0 spiro atoms. The number of carbonyl (C=O) groups is 2. The Kier molecular flexibility index (Phi) is 19.1. The first kappa shape index (κ1) is 27.7. The molecule has 1 atom stereocenters. The quantitative estimate of drug-likeness (QED) is 0.174. The van der Waals surface area contributed by atoms with Crippen molar-refractivity contribution in [1.29, 1.82) is 0 Å². The third-order valence-electron chi connectivity index (χ3n) is 5.66. The van der Waals surface area contributed by atoms with E-state index < -0.39 is 5.97 Å². The van der Waals surface area contributed by atoms with Crippen molar-refractivity contribution >= 4 is 11.9 Å². The zero-order valence-electron chi connectivity index (χ0n) is 19.5. The van der Waals surface area contributed by atoms with Crippen LogP contribution in [0.1, 0.15) is 117 Å². The van der Waals surface area contributed by atoms with E-state index in [1.807, 2.05) is 13.8 Å². The summed E-state index contributed by atoms with van der Waals surface area (Å²) in [6.07, 6.45) is 21.5. The highest BCUT2D eigenvalue weighted by Crippen LogP contribution is 2.18. The second-order valence-corrected chi connectivity index (χ2v) is 8.18. The number of unbranched alkanes of at least 4 members (excludes halogenated alkanes) is 11. The first-order valence-electron chi connectivity index (χ1n) is 12.2. The molecule has 0 saturated heterocycles. The van der Waals surface area contributed by atoms with E-state index >= 15 is 0 Å². The average Bonchev–Trinajstić information content (AvgIpc) is 2.70. The van der Waals surface area contributed by atoms with Crippen LogP contribution in [0.5, 0.6) is 0 Å². The molecule has 0 heterocycles. The fraction of sp³-hybridized carbons (Fsp3) is 0.840. The van der Waals surface area contributed by atoms with Crippen LogP contribution < -0.4 is 0 Å². The summed E-state index contributed by atoms with van der Waals surface area (Å²) in [6, 6.07) is 0. The fourth-order valence-electron chi connectivity index (χ4n) is 3.78. The van der Waals surface area contributed by atoms with Gasteiger partial charge in [-0.15, -0.1) is 0 Å². The molecule has 0 aliphatic carbocycles. The lowest BCUT2D eigenvalue weighted by atomic mass is 9.95. The van der Waals surface area contributed by atoms with Crippen molar-refractivity contribution in [2.24, 2.45) is 5.92 Å². The zero-order chi connectivity index (χ0) is 21.7. The van der Waals surface area contributed by atoms with Crippen LogP contribution >= 0.6 is 0 Å². The van der Waals surface area contributed by atoms with Gasteiger partial charge in [-0.2, -0.15) is 0 Å². The number of rotatable bonds is 20. The molecule has 0 aliphatic rings. The van der Waals surface area contributed by atoms with Crippen LogP contribution in [0.3, 0.4) is 0 Å². The maximum atomic E-state index is 12.5. The van der Waals surface area contributed by atoms with E-state index in [-0.39, 0.29) is 18.2 Å². The van der Waals surface area contributed by atoms with Crippen molar-refractivity contribution in [1.82, 2.24) is 4.90 Å². The second kappa shape index (κ2) is 20.0. The molecule has 4 nitrogen and oxygen atoms in total. The SMILES string of the molecule is CCCCCCCC/C=C/CCCCCCCC(CC(=O)O)C(=O)N(CC)CC. The first-order valence-corrected chi connectivity index (χ1v) is 12.2. The van der Waals surface area contributed by atoms with Gasteiger partial charge in [0.1, 0.15) is 0 Å². The molecule has 4 heteroatoms. The number of hydrogen-bond donors (Lipinski definition) is 1. The van der Waals surface area contributed by atoms with Crippen LogP contribution in [0.15, 0.2) is 12.2 Å². The molecule has 1 N–H and O–H groups in total. The second-order valence-electron chi connectivity index (χ2n) is 8.18. The van der Waals surface area contributed by atoms with Crippen molar-refractivity contribution in [2.45, 2.75) is 117 Å². The number of nitrogens with zero attached hydrogens (tertiary/aromatic N) is 1. The Morgan fingerprint density at radius 3 is 1.72 bits per heavy atom. The maximum Gasteiger partial charge on any atom is 0.304 e. The molecule has 0 aliphatic heterocycles. The van der Waals surface area contributed by atoms with Crippen LogP contribution in [0.25, 0.3) is 0 Å². The van der Waals surface area contributed by atoms with Gasteiger partial charge >= 0.3 is 5.97 Å². The lowest BCUT2D eigenvalue weighted by molar-refractivity contribution is -0.144. The average molecular weight is 410 g/mol. The smallest absolute Gasteiger partial charge is 0.304 e. The Labute approximate surface area is 180 Å². The van der Waals surface area contributed by atoms with Crippen molar-refractivity contribution in [3.8, 4) is 0 Å². The summed E-state index contributed by atoms with van der Waals surface area (Å²) in [5, 5.41) is 9.11. The minimum atomic E-state index is -0.872. The van der Waals surface area contributed by atoms with E-state index in [2.05, 4.69) is 19.1 Å². The molecule has 1 amide bonds. The molecule has 1 unspecified atom stereocenters. The number of hydrogen-bond acceptors (Lipinski definition) is 2. The van der Waals surface area contributed by atoms with Gasteiger partial charge in [-0.1, -0.05) is 76.9 Å². The minimum absolute atomic E-state index is 0.00732. The van der Waals surface area contributed by atoms with Crippen LogP contribution in [-0.2, 0) is 9.59 Å². The molecular weight excluding hydrogens is 362 g/mol.